The van der Waals surface area contributed by atoms with E-state index in [4.69, 9.17) is 4.74 Å². The van der Waals surface area contributed by atoms with E-state index in [0.29, 0.717) is 18.5 Å². The van der Waals surface area contributed by atoms with Crippen molar-refractivity contribution in [1.29, 1.82) is 0 Å². The lowest BCUT2D eigenvalue weighted by Gasteiger charge is -2.21. The first-order chi connectivity index (χ1) is 12.6. The first-order valence-electron chi connectivity index (χ1n) is 7.90. The number of hydrogen-bond acceptors (Lipinski definition) is 8. The van der Waals surface area contributed by atoms with Crippen molar-refractivity contribution in [3.8, 4) is 0 Å². The minimum atomic E-state index is -3.47. The van der Waals surface area contributed by atoms with E-state index in [2.05, 4.69) is 17.7 Å². The number of carbonyl (C=O) groups excluding carboxylic acids is 1. The number of sulfonamides is 1. The van der Waals surface area contributed by atoms with Crippen LogP contribution >= 0.6 is 12.6 Å². The summed E-state index contributed by atoms with van der Waals surface area (Å²) < 4.78 is 28.9. The molecule has 1 fully saturated rings. The molecule has 1 amide bonds. The Bertz CT molecular complexity index is 827. The van der Waals surface area contributed by atoms with Crippen LogP contribution in [-0.2, 0) is 21.4 Å². The van der Waals surface area contributed by atoms with Gasteiger partial charge in [-0.2, -0.15) is 22.1 Å². The second kappa shape index (κ2) is 8.57. The van der Waals surface area contributed by atoms with Gasteiger partial charge in [-0.3, -0.25) is 15.0 Å². The molecule has 1 aromatic rings. The number of nitrogens with zero attached hydrogens (tertiary/aromatic N) is 4. The SMILES string of the molecule is CN(N=C[C@@H]1C[C@H](S)CN1C(=O)OCc1ccc([N+](=O)[O-])cc1)S(C)(=O)=O. The summed E-state index contributed by atoms with van der Waals surface area (Å²) in [6.45, 7) is 0.291. The molecular formula is C15H20N4O6S2. The molecule has 1 heterocycles. The number of thiol groups is 1. The molecule has 27 heavy (non-hydrogen) atoms. The van der Waals surface area contributed by atoms with Crippen LogP contribution in [0.5, 0.6) is 0 Å². The summed E-state index contributed by atoms with van der Waals surface area (Å²) in [5, 5.41) is 14.4. The number of non-ortho nitro benzene ring substituents is 1. The monoisotopic (exact) mass is 416 g/mol. The van der Waals surface area contributed by atoms with Gasteiger partial charge in [0.1, 0.15) is 6.61 Å². The lowest BCUT2D eigenvalue weighted by Crippen LogP contribution is -2.37. The van der Waals surface area contributed by atoms with Crippen molar-refractivity contribution in [3.63, 3.8) is 0 Å². The zero-order valence-electron chi connectivity index (χ0n) is 14.8. The van der Waals surface area contributed by atoms with Gasteiger partial charge in [0.05, 0.1) is 17.2 Å². The highest BCUT2D eigenvalue weighted by atomic mass is 32.2. The quantitative estimate of drug-likeness (QED) is 0.324. The average Bonchev–Trinajstić information content (AvgIpc) is 2.97. The predicted octanol–water partition coefficient (Wildman–Crippen LogP) is 1.48. The lowest BCUT2D eigenvalue weighted by atomic mass is 10.2. The Balaban J connectivity index is 1.98. The van der Waals surface area contributed by atoms with Crippen molar-refractivity contribution in [2.45, 2.75) is 24.3 Å². The van der Waals surface area contributed by atoms with Crippen LogP contribution in [-0.4, -0.2) is 66.1 Å². The second-order valence-corrected chi connectivity index (χ2v) is 8.77. The van der Waals surface area contributed by atoms with Crippen LogP contribution in [0.25, 0.3) is 0 Å². The zero-order chi connectivity index (χ0) is 20.2. The van der Waals surface area contributed by atoms with Gasteiger partial charge in [-0.25, -0.2) is 13.2 Å². The third-order valence-electron chi connectivity index (χ3n) is 3.95. The third-order valence-corrected chi connectivity index (χ3v) is 5.37. The number of likely N-dealkylation sites (tertiary alicyclic amines) is 1. The standard InChI is InChI=1S/C15H20N4O6S2/c1-17(27(2,23)24)16-8-13-7-14(26)9-18(13)15(20)25-10-11-3-5-12(6-4-11)19(21)22/h3-6,8,13-14,26H,7,9-10H2,1-2H3/t13-,14-/m0/s1. The maximum atomic E-state index is 12.4. The summed E-state index contributed by atoms with van der Waals surface area (Å²) in [4.78, 5) is 23.9. The predicted molar refractivity (Wildman–Crippen MR) is 102 cm³/mol. The van der Waals surface area contributed by atoms with Crippen LogP contribution < -0.4 is 0 Å². The van der Waals surface area contributed by atoms with Gasteiger partial charge in [-0.05, 0) is 24.1 Å². The molecular weight excluding hydrogens is 396 g/mol. The van der Waals surface area contributed by atoms with Crippen molar-refractivity contribution < 1.29 is 22.9 Å². The zero-order valence-corrected chi connectivity index (χ0v) is 16.5. The summed E-state index contributed by atoms with van der Waals surface area (Å²) in [5.41, 5.74) is 0.561. The van der Waals surface area contributed by atoms with Gasteiger partial charge in [0.15, 0.2) is 0 Å². The molecule has 2 atom stereocenters. The Labute approximate surface area is 162 Å². The summed E-state index contributed by atoms with van der Waals surface area (Å²) in [7, 11) is -2.17. The highest BCUT2D eigenvalue weighted by molar-refractivity contribution is 7.88. The molecule has 0 unspecified atom stereocenters. The Morgan fingerprint density at radius 1 is 1.48 bits per heavy atom. The maximum absolute atomic E-state index is 12.4. The van der Waals surface area contributed by atoms with Crippen LogP contribution in [0, 0.1) is 10.1 Å². The number of hydrogen-bond donors (Lipinski definition) is 1. The molecule has 0 aromatic heterocycles. The first-order valence-corrected chi connectivity index (χ1v) is 10.3. The molecule has 0 radical (unpaired) electrons. The van der Waals surface area contributed by atoms with Crippen LogP contribution in [0.15, 0.2) is 29.4 Å². The number of amides is 1. The largest absolute Gasteiger partial charge is 0.445 e. The Kier molecular flexibility index (Phi) is 6.65. The van der Waals surface area contributed by atoms with Crippen LogP contribution in [0.3, 0.4) is 0 Å². The second-order valence-electron chi connectivity index (χ2n) is 6.05. The van der Waals surface area contributed by atoms with Gasteiger partial charge < -0.3 is 4.74 Å². The van der Waals surface area contributed by atoms with E-state index in [9.17, 15) is 23.3 Å². The van der Waals surface area contributed by atoms with Crippen LogP contribution in [0.2, 0.25) is 0 Å². The highest BCUT2D eigenvalue weighted by Gasteiger charge is 2.34. The van der Waals surface area contributed by atoms with Crippen molar-refractivity contribution in [2.24, 2.45) is 5.10 Å². The minimum Gasteiger partial charge on any atom is -0.445 e. The summed E-state index contributed by atoms with van der Waals surface area (Å²) in [6, 6.07) is 5.24. The Morgan fingerprint density at radius 2 is 2.11 bits per heavy atom. The Hall–Kier alpha value is -2.34. The fraction of sp³-hybridized carbons (Fsp3) is 0.467. The number of ether oxygens (including phenoxy) is 1. The number of nitro benzene ring substituents is 1. The molecule has 12 heteroatoms. The molecule has 148 valence electrons. The van der Waals surface area contributed by atoms with Crippen molar-refractivity contribution in [2.75, 3.05) is 19.8 Å². The summed E-state index contributed by atoms with van der Waals surface area (Å²) >= 11 is 4.37. The number of hydrazone groups is 1. The normalized spacial score (nSPS) is 20.0. The topological polar surface area (TPSA) is 122 Å². The summed E-state index contributed by atoms with van der Waals surface area (Å²) in [6.07, 6.45) is 2.32. The number of benzene rings is 1. The van der Waals surface area contributed by atoms with E-state index in [0.717, 1.165) is 10.7 Å². The van der Waals surface area contributed by atoms with Gasteiger partial charge in [-0.1, -0.05) is 0 Å². The Morgan fingerprint density at radius 3 is 2.67 bits per heavy atom. The number of nitro groups is 1. The molecule has 1 aliphatic heterocycles. The lowest BCUT2D eigenvalue weighted by molar-refractivity contribution is -0.384. The van der Waals surface area contributed by atoms with Gasteiger partial charge in [0.25, 0.3) is 5.69 Å². The number of rotatable bonds is 6. The molecule has 0 aliphatic carbocycles. The molecule has 0 bridgehead atoms. The number of carbonyl (C=O) groups is 1. The van der Waals surface area contributed by atoms with E-state index in [-0.39, 0.29) is 17.5 Å². The summed E-state index contributed by atoms with van der Waals surface area (Å²) in [5.74, 6) is 0. The molecule has 0 N–H and O–H groups in total. The van der Waals surface area contributed by atoms with Crippen LogP contribution in [0.1, 0.15) is 12.0 Å². The smallest absolute Gasteiger partial charge is 0.410 e. The fourth-order valence-corrected chi connectivity index (χ4v) is 3.01. The van der Waals surface area contributed by atoms with E-state index in [1.807, 2.05) is 0 Å². The molecule has 0 spiro atoms. The van der Waals surface area contributed by atoms with E-state index in [1.54, 1.807) is 0 Å². The van der Waals surface area contributed by atoms with Crippen LogP contribution in [0.4, 0.5) is 10.5 Å². The first kappa shape index (κ1) is 21.0. The van der Waals surface area contributed by atoms with Gasteiger partial charge in [0.2, 0.25) is 10.0 Å². The van der Waals surface area contributed by atoms with Gasteiger partial charge in [-0.15, -0.1) is 0 Å². The van der Waals surface area contributed by atoms with Gasteiger partial charge in [0, 0.05) is 37.2 Å². The van der Waals surface area contributed by atoms with Crippen molar-refractivity contribution in [1.82, 2.24) is 9.31 Å². The maximum Gasteiger partial charge on any atom is 0.410 e. The minimum absolute atomic E-state index is 0.0440. The third kappa shape index (κ3) is 5.82. The molecule has 0 saturated carbocycles. The molecule has 2 rings (SSSR count). The van der Waals surface area contributed by atoms with E-state index in [1.165, 1.54) is 42.4 Å². The molecule has 1 aliphatic rings. The molecule has 1 aromatic carbocycles. The van der Waals surface area contributed by atoms with Crippen molar-refractivity contribution in [3.05, 3.63) is 39.9 Å². The van der Waals surface area contributed by atoms with E-state index >= 15 is 0 Å². The molecule has 10 nitrogen and oxygen atoms in total. The molecule has 1 saturated heterocycles. The van der Waals surface area contributed by atoms with Crippen molar-refractivity contribution >= 4 is 40.6 Å². The van der Waals surface area contributed by atoms with E-state index < -0.39 is 27.1 Å². The van der Waals surface area contributed by atoms with Gasteiger partial charge >= 0.3 is 6.09 Å². The fourth-order valence-electron chi connectivity index (χ4n) is 2.39. The highest BCUT2D eigenvalue weighted by Crippen LogP contribution is 2.22. The average molecular weight is 416 g/mol.